The number of benzene rings is 1. The van der Waals surface area contributed by atoms with Gasteiger partial charge in [-0.2, -0.15) is 13.2 Å². The summed E-state index contributed by atoms with van der Waals surface area (Å²) in [7, 11) is 1.69. The number of halogens is 3. The summed E-state index contributed by atoms with van der Waals surface area (Å²) < 4.78 is 39.6. The third-order valence-corrected chi connectivity index (χ3v) is 4.34. The van der Waals surface area contributed by atoms with Crippen LogP contribution in [0.5, 0.6) is 0 Å². The number of anilines is 1. The molecule has 146 valence electrons. The smallest absolute Gasteiger partial charge is 0.373 e. The number of aromatic amines is 1. The van der Waals surface area contributed by atoms with Crippen LogP contribution in [-0.4, -0.2) is 27.0 Å². The molecular weight excluding hydrogens is 383 g/mol. The topological polar surface area (TPSA) is 83.6 Å². The Labute approximate surface area is 162 Å². The molecule has 3 aromatic heterocycles. The summed E-state index contributed by atoms with van der Waals surface area (Å²) in [5, 5.41) is 2.90. The van der Waals surface area contributed by atoms with Crippen LogP contribution in [0.1, 0.15) is 5.56 Å². The highest BCUT2D eigenvalue weighted by molar-refractivity contribution is 5.85. The summed E-state index contributed by atoms with van der Waals surface area (Å²) in [4.78, 5) is 28.1. The van der Waals surface area contributed by atoms with Crippen LogP contribution in [0.15, 0.2) is 59.7 Å². The Balaban J connectivity index is 2.03. The molecule has 0 bridgehead atoms. The number of pyridine rings is 2. The molecule has 0 saturated heterocycles. The number of alkyl halides is 3. The van der Waals surface area contributed by atoms with Gasteiger partial charge >= 0.3 is 6.18 Å². The first-order chi connectivity index (χ1) is 13.9. The lowest BCUT2D eigenvalue weighted by atomic mass is 10.0. The number of nitrogens with zero attached hydrogens (tertiary/aromatic N) is 3. The van der Waals surface area contributed by atoms with Crippen molar-refractivity contribution in [3.63, 3.8) is 0 Å². The molecule has 0 atom stereocenters. The standard InChI is InChI=1S/C20H14F3N5O/c1-24-15-10-12(5-7-25-15)16-17(11-3-2-4-13(9-11)20(21,22)23)28-19-18(27-16)14(29)6-8-26-19/h2-10H,1H3,(H,24,25)(H,26,28,29). The molecule has 0 amide bonds. The van der Waals surface area contributed by atoms with Gasteiger partial charge in [0.25, 0.3) is 0 Å². The number of hydrogen-bond donors (Lipinski definition) is 2. The van der Waals surface area contributed by atoms with E-state index in [0.29, 0.717) is 11.4 Å². The van der Waals surface area contributed by atoms with E-state index in [1.807, 2.05) is 0 Å². The van der Waals surface area contributed by atoms with Crippen molar-refractivity contribution >= 4 is 17.0 Å². The third kappa shape index (κ3) is 3.54. The highest BCUT2D eigenvalue weighted by atomic mass is 19.4. The summed E-state index contributed by atoms with van der Waals surface area (Å²) in [5.41, 5.74) is 0.455. The van der Waals surface area contributed by atoms with Crippen molar-refractivity contribution in [3.8, 4) is 22.5 Å². The summed E-state index contributed by atoms with van der Waals surface area (Å²) in [6.07, 6.45) is -1.54. The molecule has 4 rings (SSSR count). The first-order valence-electron chi connectivity index (χ1n) is 8.58. The van der Waals surface area contributed by atoms with Gasteiger partial charge in [-0.1, -0.05) is 12.1 Å². The van der Waals surface area contributed by atoms with Crippen molar-refractivity contribution in [2.75, 3.05) is 12.4 Å². The Bertz CT molecular complexity index is 1270. The molecule has 0 aliphatic heterocycles. The molecule has 0 spiro atoms. The summed E-state index contributed by atoms with van der Waals surface area (Å²) in [6, 6.07) is 9.50. The minimum absolute atomic E-state index is 0.0982. The fraction of sp³-hybridized carbons (Fsp3) is 0.100. The SMILES string of the molecule is CNc1cc(-c2nc3c(=O)cc[nH]c3nc2-c2cccc(C(F)(F)F)c2)ccn1. The van der Waals surface area contributed by atoms with E-state index in [9.17, 15) is 18.0 Å². The van der Waals surface area contributed by atoms with Gasteiger partial charge in [-0.25, -0.2) is 15.0 Å². The Hall–Kier alpha value is -3.75. The van der Waals surface area contributed by atoms with E-state index in [0.717, 1.165) is 12.1 Å². The third-order valence-electron chi connectivity index (χ3n) is 4.34. The average Bonchev–Trinajstić information content (AvgIpc) is 2.73. The molecule has 4 aromatic rings. The van der Waals surface area contributed by atoms with Crippen LogP contribution in [0.25, 0.3) is 33.7 Å². The molecule has 0 radical (unpaired) electrons. The molecule has 0 unspecified atom stereocenters. The fourth-order valence-electron chi connectivity index (χ4n) is 2.94. The second-order valence-corrected chi connectivity index (χ2v) is 6.22. The van der Waals surface area contributed by atoms with E-state index in [-0.39, 0.29) is 33.5 Å². The Kier molecular flexibility index (Phi) is 4.50. The number of aromatic nitrogens is 4. The lowest BCUT2D eigenvalue weighted by Crippen LogP contribution is -2.08. The van der Waals surface area contributed by atoms with Crippen LogP contribution < -0.4 is 10.7 Å². The Morgan fingerprint density at radius 3 is 2.52 bits per heavy atom. The van der Waals surface area contributed by atoms with E-state index in [1.54, 1.807) is 19.2 Å². The van der Waals surface area contributed by atoms with Crippen molar-refractivity contribution in [2.45, 2.75) is 6.18 Å². The lowest BCUT2D eigenvalue weighted by Gasteiger charge is -2.13. The van der Waals surface area contributed by atoms with Gasteiger partial charge in [0.15, 0.2) is 11.2 Å². The number of hydrogen-bond acceptors (Lipinski definition) is 5. The van der Waals surface area contributed by atoms with Crippen LogP contribution in [0.2, 0.25) is 0 Å². The number of rotatable bonds is 3. The van der Waals surface area contributed by atoms with Crippen molar-refractivity contribution in [3.05, 3.63) is 70.6 Å². The fourth-order valence-corrected chi connectivity index (χ4v) is 2.94. The van der Waals surface area contributed by atoms with Crippen LogP contribution in [0.4, 0.5) is 19.0 Å². The molecule has 2 N–H and O–H groups in total. The average molecular weight is 397 g/mol. The molecule has 1 aromatic carbocycles. The normalized spacial score (nSPS) is 11.6. The van der Waals surface area contributed by atoms with Gasteiger partial charge in [0.2, 0.25) is 5.43 Å². The van der Waals surface area contributed by atoms with Gasteiger partial charge in [0.1, 0.15) is 5.82 Å². The van der Waals surface area contributed by atoms with Crippen LogP contribution in [0.3, 0.4) is 0 Å². The maximum Gasteiger partial charge on any atom is 0.416 e. The Morgan fingerprint density at radius 1 is 1.00 bits per heavy atom. The molecular formula is C20H14F3N5O. The predicted octanol–water partition coefficient (Wildman–Crippen LogP) is 4.11. The molecule has 0 fully saturated rings. The Morgan fingerprint density at radius 2 is 1.76 bits per heavy atom. The summed E-state index contributed by atoms with van der Waals surface area (Å²) in [6.45, 7) is 0. The first kappa shape index (κ1) is 18.6. The highest BCUT2D eigenvalue weighted by Crippen LogP contribution is 2.35. The van der Waals surface area contributed by atoms with Crippen molar-refractivity contribution in [2.24, 2.45) is 0 Å². The van der Waals surface area contributed by atoms with Crippen LogP contribution >= 0.6 is 0 Å². The van der Waals surface area contributed by atoms with E-state index in [1.165, 1.54) is 30.6 Å². The van der Waals surface area contributed by atoms with Gasteiger partial charge in [-0.15, -0.1) is 0 Å². The molecule has 0 aliphatic carbocycles. The van der Waals surface area contributed by atoms with E-state index >= 15 is 0 Å². The van der Waals surface area contributed by atoms with E-state index in [2.05, 4.69) is 25.3 Å². The molecule has 9 heteroatoms. The second kappa shape index (κ2) is 7.01. The minimum Gasteiger partial charge on any atom is -0.373 e. The van der Waals surface area contributed by atoms with Crippen LogP contribution in [-0.2, 0) is 6.18 Å². The first-order valence-corrected chi connectivity index (χ1v) is 8.58. The lowest BCUT2D eigenvalue weighted by molar-refractivity contribution is -0.137. The molecule has 3 heterocycles. The molecule has 0 aliphatic rings. The molecule has 0 saturated carbocycles. The van der Waals surface area contributed by atoms with Gasteiger partial charge < -0.3 is 10.3 Å². The largest absolute Gasteiger partial charge is 0.416 e. The minimum atomic E-state index is -4.50. The zero-order valence-corrected chi connectivity index (χ0v) is 15.1. The quantitative estimate of drug-likeness (QED) is 0.544. The zero-order valence-electron chi connectivity index (χ0n) is 15.1. The second-order valence-electron chi connectivity index (χ2n) is 6.22. The number of H-pyrrole nitrogens is 1. The molecule has 6 nitrogen and oxygen atoms in total. The predicted molar refractivity (Wildman–Crippen MR) is 103 cm³/mol. The van der Waals surface area contributed by atoms with Crippen LogP contribution in [0, 0.1) is 0 Å². The maximum absolute atomic E-state index is 13.2. The van der Waals surface area contributed by atoms with Crippen molar-refractivity contribution in [1.82, 2.24) is 19.9 Å². The maximum atomic E-state index is 13.2. The van der Waals surface area contributed by atoms with Crippen molar-refractivity contribution in [1.29, 1.82) is 0 Å². The van der Waals surface area contributed by atoms with Gasteiger partial charge in [-0.05, 0) is 24.3 Å². The van der Waals surface area contributed by atoms with Gasteiger partial charge in [0, 0.05) is 36.6 Å². The van der Waals surface area contributed by atoms with Gasteiger partial charge in [-0.3, -0.25) is 4.79 Å². The van der Waals surface area contributed by atoms with E-state index in [4.69, 9.17) is 0 Å². The monoisotopic (exact) mass is 397 g/mol. The zero-order chi connectivity index (χ0) is 20.6. The summed E-state index contributed by atoms with van der Waals surface area (Å²) in [5.74, 6) is 0.543. The summed E-state index contributed by atoms with van der Waals surface area (Å²) >= 11 is 0. The van der Waals surface area contributed by atoms with Crippen molar-refractivity contribution < 1.29 is 13.2 Å². The van der Waals surface area contributed by atoms with E-state index < -0.39 is 11.7 Å². The van der Waals surface area contributed by atoms with Gasteiger partial charge in [0.05, 0.1) is 17.0 Å². The highest BCUT2D eigenvalue weighted by Gasteiger charge is 2.31. The number of fused-ring (bicyclic) bond motifs is 1. The number of nitrogens with one attached hydrogen (secondary N) is 2. The molecule has 29 heavy (non-hydrogen) atoms.